The summed E-state index contributed by atoms with van der Waals surface area (Å²) < 4.78 is 5.67. The summed E-state index contributed by atoms with van der Waals surface area (Å²) in [4.78, 5) is 11.6. The van der Waals surface area contributed by atoms with E-state index >= 15 is 0 Å². The Morgan fingerprint density at radius 3 is 2.00 bits per heavy atom. The number of carbonyl (C=O) groups is 1. The minimum Gasteiger partial charge on any atom is -0.357 e. The molecule has 2 aliphatic rings. The molecule has 1 fully saturated rings. The Labute approximate surface area is 86.8 Å². The van der Waals surface area contributed by atoms with Gasteiger partial charge in [0.15, 0.2) is 5.78 Å². The van der Waals surface area contributed by atoms with E-state index in [4.69, 9.17) is 27.9 Å². The van der Waals surface area contributed by atoms with Gasteiger partial charge in [-0.05, 0) is 13.8 Å². The van der Waals surface area contributed by atoms with Gasteiger partial charge in [-0.2, -0.15) is 0 Å². The molecule has 13 heavy (non-hydrogen) atoms. The van der Waals surface area contributed by atoms with Gasteiger partial charge in [0, 0.05) is 0 Å². The van der Waals surface area contributed by atoms with Crippen molar-refractivity contribution in [2.45, 2.75) is 35.8 Å². The van der Waals surface area contributed by atoms with E-state index in [1.54, 1.807) is 13.8 Å². The lowest BCUT2D eigenvalue weighted by Gasteiger charge is -2.41. The second-order valence-corrected chi connectivity index (χ2v) is 4.80. The van der Waals surface area contributed by atoms with Crippen LogP contribution in [-0.4, -0.2) is 27.7 Å². The highest BCUT2D eigenvalue weighted by atomic mass is 35.5. The fourth-order valence-corrected chi connectivity index (χ4v) is 2.39. The average molecular weight is 221 g/mol. The summed E-state index contributed by atoms with van der Waals surface area (Å²) in [5, 5.41) is -1.36. The predicted molar refractivity (Wildman–Crippen MR) is 51.3 cm³/mol. The van der Waals surface area contributed by atoms with E-state index in [1.165, 1.54) is 0 Å². The highest BCUT2D eigenvalue weighted by Gasteiger charge is 2.57. The van der Waals surface area contributed by atoms with Crippen LogP contribution in [0.1, 0.15) is 13.8 Å². The molecule has 72 valence electrons. The van der Waals surface area contributed by atoms with Gasteiger partial charge < -0.3 is 4.74 Å². The van der Waals surface area contributed by atoms with Crippen LogP contribution in [0.25, 0.3) is 0 Å². The first-order valence-corrected chi connectivity index (χ1v) is 4.99. The molecule has 0 N–H and O–H groups in total. The molecule has 2 heterocycles. The molecule has 0 aromatic rings. The third kappa shape index (κ3) is 1.09. The van der Waals surface area contributed by atoms with Crippen LogP contribution in [0.15, 0.2) is 12.2 Å². The number of hydrogen-bond acceptors (Lipinski definition) is 2. The first-order valence-electron chi connectivity index (χ1n) is 4.11. The van der Waals surface area contributed by atoms with Gasteiger partial charge in [-0.1, -0.05) is 12.2 Å². The van der Waals surface area contributed by atoms with Crippen LogP contribution < -0.4 is 0 Å². The lowest BCUT2D eigenvalue weighted by molar-refractivity contribution is -0.145. The zero-order valence-electron chi connectivity index (χ0n) is 7.38. The second kappa shape index (κ2) is 2.50. The number of halogens is 2. The lowest BCUT2D eigenvalue weighted by atomic mass is 9.91. The maximum Gasteiger partial charge on any atom is 0.174 e. The summed E-state index contributed by atoms with van der Waals surface area (Å²) in [6.45, 7) is 3.60. The highest BCUT2D eigenvalue weighted by molar-refractivity contribution is 6.42. The topological polar surface area (TPSA) is 26.3 Å². The predicted octanol–water partition coefficient (Wildman–Crippen LogP) is 1.89. The first kappa shape index (κ1) is 9.50. The van der Waals surface area contributed by atoms with Gasteiger partial charge in [-0.15, -0.1) is 23.2 Å². The largest absolute Gasteiger partial charge is 0.357 e. The van der Waals surface area contributed by atoms with Gasteiger partial charge >= 0.3 is 0 Å². The molecule has 4 atom stereocenters. The number of rotatable bonds is 0. The van der Waals surface area contributed by atoms with Gasteiger partial charge in [-0.3, -0.25) is 4.79 Å². The van der Waals surface area contributed by atoms with Gasteiger partial charge in [0.25, 0.3) is 0 Å². The third-order valence-corrected chi connectivity index (χ3v) is 3.99. The quantitative estimate of drug-likeness (QED) is 0.461. The standard InChI is InChI=1S/C9H10Cl2O2/c1-8-3-4-9(2,13-8)7(11)5(12)6(8)10/h3-4,6-7H,1-2H3. The molecular formula is C9H10Cl2O2. The van der Waals surface area contributed by atoms with Crippen molar-refractivity contribution in [2.75, 3.05) is 0 Å². The van der Waals surface area contributed by atoms with Crippen LogP contribution in [0, 0.1) is 0 Å². The molecule has 0 saturated carbocycles. The fraction of sp³-hybridized carbons (Fsp3) is 0.667. The molecule has 0 spiro atoms. The Hall–Kier alpha value is -0.0500. The van der Waals surface area contributed by atoms with Crippen LogP contribution in [0.2, 0.25) is 0 Å². The van der Waals surface area contributed by atoms with Crippen molar-refractivity contribution in [1.82, 2.24) is 0 Å². The Bertz CT molecular complexity index is 276. The number of Topliss-reactive ketones (excluding diaryl/α,β-unsaturated/α-hetero) is 1. The third-order valence-electron chi connectivity index (χ3n) is 2.69. The lowest BCUT2D eigenvalue weighted by Crippen LogP contribution is -2.57. The van der Waals surface area contributed by atoms with Gasteiger partial charge in [0.1, 0.15) is 22.0 Å². The monoisotopic (exact) mass is 220 g/mol. The number of ether oxygens (including phenoxy) is 1. The number of carbonyl (C=O) groups excluding carboxylic acids is 1. The Balaban J connectivity index is 2.46. The van der Waals surface area contributed by atoms with Gasteiger partial charge in [0.05, 0.1) is 0 Å². The van der Waals surface area contributed by atoms with Crippen molar-refractivity contribution in [3.63, 3.8) is 0 Å². The normalized spacial score (nSPS) is 54.3. The SMILES string of the molecule is CC12C=CC(C)(O1)C(Cl)C(=O)C2Cl. The number of alkyl halides is 2. The molecule has 2 aliphatic heterocycles. The van der Waals surface area contributed by atoms with Crippen molar-refractivity contribution in [2.24, 2.45) is 0 Å². The fourth-order valence-electron chi connectivity index (χ4n) is 1.84. The van der Waals surface area contributed by atoms with Crippen LogP contribution in [0.4, 0.5) is 0 Å². The molecule has 0 amide bonds. The van der Waals surface area contributed by atoms with Crippen LogP contribution in [0.3, 0.4) is 0 Å². The van der Waals surface area contributed by atoms with Gasteiger partial charge in [-0.25, -0.2) is 0 Å². The Morgan fingerprint density at radius 2 is 1.62 bits per heavy atom. The average Bonchev–Trinajstić information content (AvgIpc) is 2.38. The van der Waals surface area contributed by atoms with Gasteiger partial charge in [0.2, 0.25) is 0 Å². The molecule has 0 aromatic carbocycles. The second-order valence-electron chi connectivity index (χ2n) is 3.93. The Morgan fingerprint density at radius 1 is 1.23 bits per heavy atom. The molecular weight excluding hydrogens is 211 g/mol. The summed E-state index contributed by atoms with van der Waals surface area (Å²) >= 11 is 11.9. The molecule has 4 unspecified atom stereocenters. The molecule has 2 bridgehead atoms. The van der Waals surface area contributed by atoms with E-state index in [2.05, 4.69) is 0 Å². The zero-order chi connectivity index (χ0) is 9.85. The minimum absolute atomic E-state index is 0.149. The van der Waals surface area contributed by atoms with Crippen molar-refractivity contribution in [3.05, 3.63) is 12.2 Å². The maximum absolute atomic E-state index is 11.6. The number of hydrogen-bond donors (Lipinski definition) is 0. The minimum atomic E-state index is -0.682. The summed E-state index contributed by atoms with van der Waals surface area (Å²) in [5.74, 6) is -0.149. The number of fused-ring (bicyclic) bond motifs is 2. The van der Waals surface area contributed by atoms with Crippen molar-refractivity contribution < 1.29 is 9.53 Å². The van der Waals surface area contributed by atoms with E-state index in [1.807, 2.05) is 12.2 Å². The van der Waals surface area contributed by atoms with E-state index in [-0.39, 0.29) is 5.78 Å². The summed E-state index contributed by atoms with van der Waals surface area (Å²) in [7, 11) is 0. The highest BCUT2D eigenvalue weighted by Crippen LogP contribution is 2.45. The zero-order valence-corrected chi connectivity index (χ0v) is 8.89. The van der Waals surface area contributed by atoms with Crippen molar-refractivity contribution in [1.29, 1.82) is 0 Å². The van der Waals surface area contributed by atoms with E-state index in [0.717, 1.165) is 0 Å². The van der Waals surface area contributed by atoms with E-state index < -0.39 is 22.0 Å². The number of ketones is 1. The Kier molecular flexibility index (Phi) is 1.83. The molecule has 2 rings (SSSR count). The molecule has 0 aromatic heterocycles. The van der Waals surface area contributed by atoms with Crippen LogP contribution in [-0.2, 0) is 9.53 Å². The molecule has 2 nitrogen and oxygen atoms in total. The molecule has 1 saturated heterocycles. The van der Waals surface area contributed by atoms with Crippen LogP contribution in [0.5, 0.6) is 0 Å². The maximum atomic E-state index is 11.6. The smallest absolute Gasteiger partial charge is 0.174 e. The molecule has 0 aliphatic carbocycles. The summed E-state index contributed by atoms with van der Waals surface area (Å²) in [5.41, 5.74) is -1.36. The van der Waals surface area contributed by atoms with Crippen molar-refractivity contribution >= 4 is 29.0 Å². The van der Waals surface area contributed by atoms with Crippen molar-refractivity contribution in [3.8, 4) is 0 Å². The summed E-state index contributed by atoms with van der Waals surface area (Å²) in [6.07, 6.45) is 3.65. The first-order chi connectivity index (χ1) is 5.89. The molecule has 4 heteroatoms. The van der Waals surface area contributed by atoms with E-state index in [0.29, 0.717) is 0 Å². The van der Waals surface area contributed by atoms with Crippen LogP contribution >= 0.6 is 23.2 Å². The molecule has 0 radical (unpaired) electrons. The summed E-state index contributed by atoms with van der Waals surface area (Å²) in [6, 6.07) is 0. The van der Waals surface area contributed by atoms with E-state index in [9.17, 15) is 4.79 Å².